The fourth-order valence-corrected chi connectivity index (χ4v) is 5.30. The van der Waals surface area contributed by atoms with Gasteiger partial charge in [0.15, 0.2) is 0 Å². The molecule has 11 heteroatoms. The van der Waals surface area contributed by atoms with Crippen LogP contribution >= 0.6 is 11.6 Å². The summed E-state index contributed by atoms with van der Waals surface area (Å²) >= 11 is 6.09. The van der Waals surface area contributed by atoms with Gasteiger partial charge in [-0.15, -0.1) is 0 Å². The van der Waals surface area contributed by atoms with Crippen molar-refractivity contribution >= 4 is 33.2 Å². The molecular weight excluding hydrogens is 568 g/mol. The number of halogens is 1. The van der Waals surface area contributed by atoms with E-state index in [-0.39, 0.29) is 35.2 Å². The predicted molar refractivity (Wildman–Crippen MR) is 157 cm³/mol. The van der Waals surface area contributed by atoms with Gasteiger partial charge in [0, 0.05) is 28.9 Å². The lowest BCUT2D eigenvalue weighted by Gasteiger charge is -2.16. The normalized spacial score (nSPS) is 11.0. The fraction of sp³-hybridized carbons (Fsp3) is 0.167. The highest BCUT2D eigenvalue weighted by Gasteiger charge is 2.22. The van der Waals surface area contributed by atoms with Gasteiger partial charge in [0.25, 0.3) is 0 Å². The zero-order valence-corrected chi connectivity index (χ0v) is 24.2. The van der Waals surface area contributed by atoms with Crippen molar-refractivity contribution in [2.24, 2.45) is 0 Å². The standard InChI is InChI=1S/C30H29ClN2O7S/c1-37-24-8-4-6-20(14-24)15-30(34)33-23-11-13-27(40-26-9-5-7-22(31)16-26)29(17-23)41(35,36)32-19-21-10-12-25(38-2)18-28(21)39-3/h4-14,16-18,32H,15,19H2,1-3H3,(H,33,34). The summed E-state index contributed by atoms with van der Waals surface area (Å²) in [6.45, 7) is -0.0709. The van der Waals surface area contributed by atoms with Crippen molar-refractivity contribution in [1.29, 1.82) is 0 Å². The average molecular weight is 597 g/mol. The highest BCUT2D eigenvalue weighted by molar-refractivity contribution is 7.89. The molecule has 1 amide bonds. The summed E-state index contributed by atoms with van der Waals surface area (Å²) in [6.07, 6.45) is 0.0650. The highest BCUT2D eigenvalue weighted by Crippen LogP contribution is 2.33. The molecule has 0 unspecified atom stereocenters. The van der Waals surface area contributed by atoms with Crippen LogP contribution in [0.25, 0.3) is 0 Å². The summed E-state index contributed by atoms with van der Waals surface area (Å²) in [7, 11) is 0.416. The summed E-state index contributed by atoms with van der Waals surface area (Å²) < 4.78 is 51.5. The Balaban J connectivity index is 1.61. The quantitative estimate of drug-likeness (QED) is 0.212. The predicted octanol–water partition coefficient (Wildman–Crippen LogP) is 5.82. The summed E-state index contributed by atoms with van der Waals surface area (Å²) in [6, 6.07) is 23.2. The second-order valence-electron chi connectivity index (χ2n) is 8.80. The van der Waals surface area contributed by atoms with Crippen LogP contribution in [0.15, 0.2) is 89.8 Å². The molecule has 0 fully saturated rings. The first kappa shape index (κ1) is 29.7. The van der Waals surface area contributed by atoms with Crippen LogP contribution in [0.3, 0.4) is 0 Å². The minimum Gasteiger partial charge on any atom is -0.497 e. The number of methoxy groups -OCH3 is 3. The smallest absolute Gasteiger partial charge is 0.244 e. The molecule has 0 radical (unpaired) electrons. The van der Waals surface area contributed by atoms with Crippen molar-refractivity contribution < 1.29 is 32.2 Å². The molecule has 4 aromatic carbocycles. The summed E-state index contributed by atoms with van der Waals surface area (Å²) in [5, 5.41) is 3.19. The SMILES string of the molecule is COc1cccc(CC(=O)Nc2ccc(Oc3cccc(Cl)c3)c(S(=O)(=O)NCc3ccc(OC)cc3OC)c2)c1. The maximum absolute atomic E-state index is 13.6. The Kier molecular flexibility index (Phi) is 9.72. The molecule has 0 spiro atoms. The molecule has 0 atom stereocenters. The van der Waals surface area contributed by atoms with E-state index in [4.69, 9.17) is 30.5 Å². The van der Waals surface area contributed by atoms with Crippen molar-refractivity contribution in [2.45, 2.75) is 17.9 Å². The number of sulfonamides is 1. The van der Waals surface area contributed by atoms with Gasteiger partial charge in [0.1, 0.15) is 33.6 Å². The van der Waals surface area contributed by atoms with Crippen molar-refractivity contribution in [3.8, 4) is 28.7 Å². The van der Waals surface area contributed by atoms with Crippen LogP contribution in [0.5, 0.6) is 28.7 Å². The maximum atomic E-state index is 13.6. The van der Waals surface area contributed by atoms with E-state index >= 15 is 0 Å². The maximum Gasteiger partial charge on any atom is 0.244 e. The van der Waals surface area contributed by atoms with Crippen LogP contribution in [0.1, 0.15) is 11.1 Å². The molecule has 41 heavy (non-hydrogen) atoms. The van der Waals surface area contributed by atoms with Gasteiger partial charge in [-0.1, -0.05) is 35.9 Å². The second kappa shape index (κ2) is 13.4. The minimum absolute atomic E-state index is 0.0484. The van der Waals surface area contributed by atoms with E-state index in [1.165, 1.54) is 26.4 Å². The van der Waals surface area contributed by atoms with Crippen LogP contribution in [0.2, 0.25) is 5.02 Å². The van der Waals surface area contributed by atoms with E-state index in [0.717, 1.165) is 5.56 Å². The van der Waals surface area contributed by atoms with E-state index in [0.29, 0.717) is 33.6 Å². The molecule has 0 aromatic heterocycles. The summed E-state index contributed by atoms with van der Waals surface area (Å²) in [5.74, 6) is 1.73. The third-order valence-electron chi connectivity index (χ3n) is 5.99. The molecule has 0 heterocycles. The highest BCUT2D eigenvalue weighted by atomic mass is 35.5. The topological polar surface area (TPSA) is 112 Å². The second-order valence-corrected chi connectivity index (χ2v) is 11.0. The Labute approximate surface area is 244 Å². The monoisotopic (exact) mass is 596 g/mol. The van der Waals surface area contributed by atoms with E-state index in [9.17, 15) is 13.2 Å². The van der Waals surface area contributed by atoms with Gasteiger partial charge < -0.3 is 24.3 Å². The Morgan fingerprint density at radius 1 is 0.780 bits per heavy atom. The molecule has 4 rings (SSSR count). The number of amides is 1. The Morgan fingerprint density at radius 3 is 2.24 bits per heavy atom. The molecular formula is C30H29ClN2O7S. The van der Waals surface area contributed by atoms with Gasteiger partial charge in [-0.05, 0) is 60.2 Å². The number of carbonyl (C=O) groups is 1. The van der Waals surface area contributed by atoms with Gasteiger partial charge in [-0.2, -0.15) is 0 Å². The van der Waals surface area contributed by atoms with Crippen LogP contribution in [-0.4, -0.2) is 35.7 Å². The van der Waals surface area contributed by atoms with Crippen LogP contribution in [-0.2, 0) is 27.8 Å². The summed E-state index contributed by atoms with van der Waals surface area (Å²) in [5.41, 5.74) is 1.61. The van der Waals surface area contributed by atoms with Crippen LogP contribution in [0, 0.1) is 0 Å². The molecule has 9 nitrogen and oxygen atoms in total. The Bertz CT molecular complexity index is 1640. The van der Waals surface area contributed by atoms with Crippen molar-refractivity contribution in [2.75, 3.05) is 26.6 Å². The third-order valence-corrected chi connectivity index (χ3v) is 7.64. The molecule has 0 saturated carbocycles. The minimum atomic E-state index is -4.15. The van der Waals surface area contributed by atoms with Gasteiger partial charge in [0.2, 0.25) is 15.9 Å². The first-order chi connectivity index (χ1) is 19.7. The Hall–Kier alpha value is -4.25. The Morgan fingerprint density at radius 2 is 1.51 bits per heavy atom. The van der Waals surface area contributed by atoms with Crippen LogP contribution < -0.4 is 29.0 Å². The van der Waals surface area contributed by atoms with E-state index in [1.54, 1.807) is 79.9 Å². The largest absolute Gasteiger partial charge is 0.497 e. The van der Waals surface area contributed by atoms with Gasteiger partial charge in [-0.25, -0.2) is 13.1 Å². The molecule has 0 aliphatic heterocycles. The molecule has 214 valence electrons. The number of hydrogen-bond acceptors (Lipinski definition) is 7. The lowest BCUT2D eigenvalue weighted by molar-refractivity contribution is -0.115. The zero-order chi connectivity index (χ0) is 29.4. The number of rotatable bonds is 12. The summed E-state index contributed by atoms with van der Waals surface area (Å²) in [4.78, 5) is 12.6. The van der Waals surface area contributed by atoms with Gasteiger partial charge in [0.05, 0.1) is 27.8 Å². The molecule has 2 N–H and O–H groups in total. The first-order valence-corrected chi connectivity index (χ1v) is 14.3. The lowest BCUT2D eigenvalue weighted by atomic mass is 10.1. The number of anilines is 1. The van der Waals surface area contributed by atoms with E-state index in [1.807, 2.05) is 0 Å². The number of hydrogen-bond donors (Lipinski definition) is 2. The first-order valence-electron chi connectivity index (χ1n) is 12.4. The van der Waals surface area contributed by atoms with Gasteiger partial charge >= 0.3 is 0 Å². The number of benzene rings is 4. The average Bonchev–Trinajstić information content (AvgIpc) is 2.96. The molecule has 4 aromatic rings. The zero-order valence-electron chi connectivity index (χ0n) is 22.6. The van der Waals surface area contributed by atoms with Crippen molar-refractivity contribution in [1.82, 2.24) is 4.72 Å². The molecule has 0 aliphatic carbocycles. The lowest BCUT2D eigenvalue weighted by Crippen LogP contribution is -2.24. The number of carbonyl (C=O) groups excluding carboxylic acids is 1. The number of ether oxygens (including phenoxy) is 4. The molecule has 0 bridgehead atoms. The fourth-order valence-electron chi connectivity index (χ4n) is 3.96. The van der Waals surface area contributed by atoms with Crippen molar-refractivity contribution in [3.05, 3.63) is 101 Å². The number of nitrogens with one attached hydrogen (secondary N) is 2. The van der Waals surface area contributed by atoms with Gasteiger partial charge in [-0.3, -0.25) is 4.79 Å². The molecule has 0 aliphatic rings. The third kappa shape index (κ3) is 7.91. The van der Waals surface area contributed by atoms with E-state index < -0.39 is 10.0 Å². The van der Waals surface area contributed by atoms with Crippen LogP contribution in [0.4, 0.5) is 5.69 Å². The van der Waals surface area contributed by atoms with Crippen molar-refractivity contribution in [3.63, 3.8) is 0 Å². The van der Waals surface area contributed by atoms with E-state index in [2.05, 4.69) is 10.0 Å². The molecule has 0 saturated heterocycles.